The zero-order valence-corrected chi connectivity index (χ0v) is 9.38. The van der Waals surface area contributed by atoms with Crippen LogP contribution in [0.15, 0.2) is 0 Å². The number of carbonyl (C=O) groups excluding carboxylic acids is 1. The monoisotopic (exact) mass is 247 g/mol. The number of aldehydes is 1. The maximum absolute atomic E-state index is 12.7. The highest BCUT2D eigenvalue weighted by atomic mass is 19.4. The van der Waals surface area contributed by atoms with Crippen LogP contribution in [0.25, 0.3) is 0 Å². The summed E-state index contributed by atoms with van der Waals surface area (Å²) in [5.41, 5.74) is -1.47. The van der Waals surface area contributed by atoms with Gasteiger partial charge in [-0.2, -0.15) is 13.2 Å². The number of alkyl halides is 3. The van der Waals surface area contributed by atoms with Gasteiger partial charge in [0.05, 0.1) is 6.04 Å². The van der Waals surface area contributed by atoms with Crippen molar-refractivity contribution in [3.05, 3.63) is 17.2 Å². The fourth-order valence-corrected chi connectivity index (χ4v) is 2.08. The molecule has 94 valence electrons. The third-order valence-electron chi connectivity index (χ3n) is 2.90. The van der Waals surface area contributed by atoms with Gasteiger partial charge in [0.15, 0.2) is 12.0 Å². The molecule has 0 saturated heterocycles. The van der Waals surface area contributed by atoms with Crippen molar-refractivity contribution in [2.75, 3.05) is 6.54 Å². The summed E-state index contributed by atoms with van der Waals surface area (Å²) in [6, 6.07) is -0.508. The minimum atomic E-state index is -4.60. The smallest absolute Gasteiger partial charge is 0.320 e. The number of hydrogen-bond donors (Lipinski definition) is 1. The van der Waals surface area contributed by atoms with Crippen LogP contribution in [0.2, 0.25) is 0 Å². The molecule has 0 spiro atoms. The molecular formula is C10H12F3N3O. The van der Waals surface area contributed by atoms with Gasteiger partial charge in [-0.15, -0.1) is 0 Å². The highest BCUT2D eigenvalue weighted by molar-refractivity contribution is 5.75. The van der Waals surface area contributed by atoms with Crippen LogP contribution in [0.3, 0.4) is 0 Å². The molecule has 0 aliphatic carbocycles. The van der Waals surface area contributed by atoms with E-state index in [-0.39, 0.29) is 29.9 Å². The van der Waals surface area contributed by atoms with Crippen molar-refractivity contribution in [3.63, 3.8) is 0 Å². The first-order chi connectivity index (χ1) is 7.86. The second kappa shape index (κ2) is 3.83. The molecule has 1 aliphatic heterocycles. The van der Waals surface area contributed by atoms with Crippen LogP contribution >= 0.6 is 0 Å². The summed E-state index contributed by atoms with van der Waals surface area (Å²) >= 11 is 0. The average molecular weight is 247 g/mol. The Morgan fingerprint density at radius 1 is 1.47 bits per heavy atom. The van der Waals surface area contributed by atoms with Crippen LogP contribution < -0.4 is 5.32 Å². The molecule has 0 saturated carbocycles. The number of fused-ring (bicyclic) bond motifs is 1. The second-order valence-corrected chi connectivity index (χ2v) is 4.17. The van der Waals surface area contributed by atoms with Crippen LogP contribution in [-0.4, -0.2) is 22.4 Å². The van der Waals surface area contributed by atoms with Crippen LogP contribution in [0, 0.1) is 0 Å². The molecule has 0 unspecified atom stereocenters. The topological polar surface area (TPSA) is 46.9 Å². The van der Waals surface area contributed by atoms with Gasteiger partial charge in [-0.3, -0.25) is 4.79 Å². The molecule has 0 bridgehead atoms. The third-order valence-corrected chi connectivity index (χ3v) is 2.90. The summed E-state index contributed by atoms with van der Waals surface area (Å²) in [4.78, 5) is 14.4. The lowest BCUT2D eigenvalue weighted by Gasteiger charge is -2.28. The molecule has 1 N–H and O–H groups in total. The molecule has 0 aromatic carbocycles. The predicted octanol–water partition coefficient (Wildman–Crippen LogP) is 1.94. The maximum atomic E-state index is 12.7. The van der Waals surface area contributed by atoms with Crippen LogP contribution in [-0.2, 0) is 6.18 Å². The first-order valence-electron chi connectivity index (χ1n) is 5.24. The minimum Gasteiger partial charge on any atom is -0.320 e. The number of imidazole rings is 1. The molecule has 1 aromatic heterocycles. The van der Waals surface area contributed by atoms with Crippen molar-refractivity contribution >= 4 is 6.29 Å². The zero-order chi connectivity index (χ0) is 12.8. The Hall–Kier alpha value is -1.37. The van der Waals surface area contributed by atoms with E-state index in [0.717, 1.165) is 0 Å². The number of carbonyl (C=O) groups is 1. The molecule has 1 aliphatic rings. The van der Waals surface area contributed by atoms with Crippen LogP contribution in [0.1, 0.15) is 47.9 Å². The number of halogens is 3. The van der Waals surface area contributed by atoms with E-state index < -0.39 is 11.9 Å². The summed E-state index contributed by atoms with van der Waals surface area (Å²) in [5.74, 6) is 0.262. The lowest BCUT2D eigenvalue weighted by molar-refractivity contribution is -0.141. The maximum Gasteiger partial charge on any atom is 0.435 e. The molecule has 1 aromatic rings. The van der Waals surface area contributed by atoms with Crippen molar-refractivity contribution in [2.45, 2.75) is 32.1 Å². The predicted molar refractivity (Wildman–Crippen MR) is 53.7 cm³/mol. The molecule has 0 fully saturated rings. The first-order valence-corrected chi connectivity index (χ1v) is 5.24. The van der Waals surface area contributed by atoms with E-state index in [1.165, 1.54) is 4.57 Å². The highest BCUT2D eigenvalue weighted by Crippen LogP contribution is 2.35. The Morgan fingerprint density at radius 3 is 2.65 bits per heavy atom. The van der Waals surface area contributed by atoms with E-state index in [4.69, 9.17) is 0 Å². The lowest BCUT2D eigenvalue weighted by Crippen LogP contribution is -2.35. The quantitative estimate of drug-likeness (QED) is 0.771. The molecule has 0 radical (unpaired) electrons. The fourth-order valence-electron chi connectivity index (χ4n) is 2.08. The number of nitrogens with zero attached hydrogens (tertiary/aromatic N) is 2. The molecular weight excluding hydrogens is 235 g/mol. The first kappa shape index (κ1) is 12.1. The number of hydrogen-bond acceptors (Lipinski definition) is 3. The number of rotatable bonds is 1. The lowest BCUT2D eigenvalue weighted by atomic mass is 10.2. The van der Waals surface area contributed by atoms with Gasteiger partial charge in [-0.1, -0.05) is 0 Å². The standard InChI is InChI=1S/C10H12F3N3O/c1-5-3-14-6(2)9-15-8(10(11,12)13)7(4-17)16(5)9/h4-6,14H,3H2,1-2H3/t5-,6+/m0/s1. The van der Waals surface area contributed by atoms with Crippen molar-refractivity contribution in [3.8, 4) is 0 Å². The van der Waals surface area contributed by atoms with Gasteiger partial charge in [0.25, 0.3) is 0 Å². The Morgan fingerprint density at radius 2 is 2.12 bits per heavy atom. The van der Waals surface area contributed by atoms with Gasteiger partial charge >= 0.3 is 6.18 Å². The summed E-state index contributed by atoms with van der Waals surface area (Å²) < 4.78 is 39.5. The highest BCUT2D eigenvalue weighted by Gasteiger charge is 2.41. The minimum absolute atomic E-state index is 0.218. The number of aromatic nitrogens is 2. The number of nitrogens with one attached hydrogen (secondary N) is 1. The summed E-state index contributed by atoms with van der Waals surface area (Å²) in [7, 11) is 0. The van der Waals surface area contributed by atoms with Crippen molar-refractivity contribution in [2.24, 2.45) is 0 Å². The van der Waals surface area contributed by atoms with Gasteiger partial charge in [0, 0.05) is 12.6 Å². The summed E-state index contributed by atoms with van der Waals surface area (Å²) in [6.45, 7) is 3.99. The van der Waals surface area contributed by atoms with E-state index in [1.54, 1.807) is 13.8 Å². The Labute approximate surface area is 95.8 Å². The normalized spacial score (nSPS) is 24.5. The van der Waals surface area contributed by atoms with E-state index in [1.807, 2.05) is 0 Å². The van der Waals surface area contributed by atoms with Gasteiger partial charge in [-0.05, 0) is 13.8 Å². The van der Waals surface area contributed by atoms with Gasteiger partial charge in [0.2, 0.25) is 0 Å². The van der Waals surface area contributed by atoms with E-state index in [2.05, 4.69) is 10.3 Å². The molecule has 4 nitrogen and oxygen atoms in total. The zero-order valence-electron chi connectivity index (χ0n) is 9.38. The van der Waals surface area contributed by atoms with Crippen LogP contribution in [0.4, 0.5) is 13.2 Å². The summed E-state index contributed by atoms with van der Waals surface area (Å²) in [5, 5.41) is 3.04. The Kier molecular flexibility index (Phi) is 2.73. The average Bonchev–Trinajstić information content (AvgIpc) is 2.63. The molecule has 17 heavy (non-hydrogen) atoms. The van der Waals surface area contributed by atoms with Crippen molar-refractivity contribution in [1.82, 2.24) is 14.9 Å². The van der Waals surface area contributed by atoms with Gasteiger partial charge in [-0.25, -0.2) is 4.98 Å². The third kappa shape index (κ3) is 1.84. The SMILES string of the molecule is C[C@H]1NC[C@H](C)n2c1nc(C(F)(F)F)c2C=O. The second-order valence-electron chi connectivity index (χ2n) is 4.17. The molecule has 0 amide bonds. The largest absolute Gasteiger partial charge is 0.435 e. The van der Waals surface area contributed by atoms with E-state index in [0.29, 0.717) is 6.54 Å². The fraction of sp³-hybridized carbons (Fsp3) is 0.600. The molecule has 2 heterocycles. The van der Waals surface area contributed by atoms with Gasteiger partial charge in [0.1, 0.15) is 11.5 Å². The Balaban J connectivity index is 2.66. The van der Waals surface area contributed by atoms with E-state index in [9.17, 15) is 18.0 Å². The molecule has 7 heteroatoms. The van der Waals surface area contributed by atoms with Crippen LogP contribution in [0.5, 0.6) is 0 Å². The summed E-state index contributed by atoms with van der Waals surface area (Å²) in [6.07, 6.45) is -4.37. The van der Waals surface area contributed by atoms with Gasteiger partial charge < -0.3 is 9.88 Å². The Bertz CT molecular complexity index is 452. The van der Waals surface area contributed by atoms with E-state index >= 15 is 0 Å². The molecule has 2 atom stereocenters. The molecule has 2 rings (SSSR count). The van der Waals surface area contributed by atoms with Crippen molar-refractivity contribution in [1.29, 1.82) is 0 Å². The van der Waals surface area contributed by atoms with Crippen molar-refractivity contribution < 1.29 is 18.0 Å².